The van der Waals surface area contributed by atoms with Gasteiger partial charge in [-0.3, -0.25) is 9.59 Å². The molecule has 0 aromatic heterocycles. The highest BCUT2D eigenvalue weighted by Crippen LogP contribution is 2.28. The van der Waals surface area contributed by atoms with Crippen LogP contribution in [0.25, 0.3) is 0 Å². The van der Waals surface area contributed by atoms with Crippen LogP contribution >= 0.6 is 11.6 Å². The molecule has 1 saturated heterocycles. The molecule has 2 amide bonds. The van der Waals surface area contributed by atoms with E-state index in [1.165, 1.54) is 18.2 Å². The van der Waals surface area contributed by atoms with Crippen molar-refractivity contribution in [2.45, 2.75) is 36.6 Å². The molecule has 0 unspecified atom stereocenters. The van der Waals surface area contributed by atoms with Crippen LogP contribution in [-0.4, -0.2) is 44.3 Å². The highest BCUT2D eigenvalue weighted by Gasteiger charge is 2.31. The molecule has 1 heterocycles. The van der Waals surface area contributed by atoms with E-state index in [-0.39, 0.29) is 39.3 Å². The summed E-state index contributed by atoms with van der Waals surface area (Å²) in [5.74, 6) is -0.839. The van der Waals surface area contributed by atoms with Gasteiger partial charge in [0.1, 0.15) is 4.90 Å². The minimum Gasteiger partial charge on any atom is -0.369 e. The van der Waals surface area contributed by atoms with Crippen LogP contribution in [0.4, 0.5) is 0 Å². The number of hydrogen-bond donors (Lipinski definition) is 2. The smallest absolute Gasteiger partial charge is 0.253 e. The van der Waals surface area contributed by atoms with E-state index in [2.05, 4.69) is 4.72 Å². The third-order valence-electron chi connectivity index (χ3n) is 4.55. The van der Waals surface area contributed by atoms with Crippen molar-refractivity contribution in [3.8, 4) is 0 Å². The Labute approximate surface area is 151 Å². The van der Waals surface area contributed by atoms with Crippen molar-refractivity contribution in [1.29, 1.82) is 0 Å². The fraction of sp³-hybridized carbons (Fsp3) is 0.500. The summed E-state index contributed by atoms with van der Waals surface area (Å²) in [4.78, 5) is 25.4. The van der Waals surface area contributed by atoms with Gasteiger partial charge in [0, 0.05) is 30.6 Å². The maximum Gasteiger partial charge on any atom is 0.253 e. The third-order valence-corrected chi connectivity index (χ3v) is 6.55. The number of carbonyl (C=O) groups is 2. The number of nitrogens with one attached hydrogen (secondary N) is 1. The Balaban J connectivity index is 1.77. The molecular weight excluding hydrogens is 366 g/mol. The van der Waals surface area contributed by atoms with E-state index in [1.54, 1.807) is 4.90 Å². The molecule has 9 heteroatoms. The molecule has 0 radical (unpaired) electrons. The molecule has 0 bridgehead atoms. The van der Waals surface area contributed by atoms with Crippen LogP contribution in [0.2, 0.25) is 5.02 Å². The van der Waals surface area contributed by atoms with Gasteiger partial charge in [-0.1, -0.05) is 11.6 Å². The van der Waals surface area contributed by atoms with Crippen molar-refractivity contribution in [1.82, 2.24) is 9.62 Å². The summed E-state index contributed by atoms with van der Waals surface area (Å²) < 4.78 is 27.4. The lowest BCUT2D eigenvalue weighted by Crippen LogP contribution is -2.41. The van der Waals surface area contributed by atoms with E-state index in [4.69, 9.17) is 17.3 Å². The first-order chi connectivity index (χ1) is 11.8. The molecule has 1 aliphatic heterocycles. The Morgan fingerprint density at radius 3 is 2.36 bits per heavy atom. The molecular formula is C16H20ClN3O4S. The number of primary amides is 1. The second-order valence-electron chi connectivity index (χ2n) is 6.51. The molecule has 0 atom stereocenters. The molecule has 0 spiro atoms. The van der Waals surface area contributed by atoms with E-state index in [0.29, 0.717) is 25.9 Å². The molecule has 3 rings (SSSR count). The Morgan fingerprint density at radius 1 is 1.16 bits per heavy atom. The number of nitrogens with two attached hydrogens (primary N) is 1. The topological polar surface area (TPSA) is 110 Å². The lowest BCUT2D eigenvalue weighted by molar-refractivity contribution is -0.123. The number of sulfonamides is 1. The van der Waals surface area contributed by atoms with Crippen molar-refractivity contribution in [2.24, 2.45) is 11.7 Å². The largest absolute Gasteiger partial charge is 0.369 e. The number of carbonyl (C=O) groups excluding carboxylic acids is 2. The average Bonchev–Trinajstić information content (AvgIpc) is 3.38. The van der Waals surface area contributed by atoms with Gasteiger partial charge in [0.2, 0.25) is 15.9 Å². The van der Waals surface area contributed by atoms with E-state index in [9.17, 15) is 18.0 Å². The number of benzene rings is 1. The summed E-state index contributed by atoms with van der Waals surface area (Å²) in [6.07, 6.45) is 2.65. The molecule has 2 aliphatic rings. The number of hydrogen-bond acceptors (Lipinski definition) is 4. The van der Waals surface area contributed by atoms with Crippen LogP contribution in [0.1, 0.15) is 36.0 Å². The second-order valence-corrected chi connectivity index (χ2v) is 8.60. The highest BCUT2D eigenvalue weighted by molar-refractivity contribution is 7.89. The Morgan fingerprint density at radius 2 is 1.80 bits per heavy atom. The number of amides is 2. The van der Waals surface area contributed by atoms with Crippen LogP contribution in [0.15, 0.2) is 23.1 Å². The van der Waals surface area contributed by atoms with Gasteiger partial charge < -0.3 is 10.6 Å². The van der Waals surface area contributed by atoms with Gasteiger partial charge in [-0.15, -0.1) is 0 Å². The van der Waals surface area contributed by atoms with Gasteiger partial charge in [0.05, 0.1) is 5.02 Å². The Kier molecular flexibility index (Phi) is 5.04. The van der Waals surface area contributed by atoms with Gasteiger partial charge in [-0.05, 0) is 43.9 Å². The first-order valence-corrected chi connectivity index (χ1v) is 10.0. The van der Waals surface area contributed by atoms with Gasteiger partial charge in [-0.2, -0.15) is 0 Å². The zero-order chi connectivity index (χ0) is 18.2. The number of rotatable bonds is 5. The maximum atomic E-state index is 12.7. The Bertz CT molecular complexity index is 800. The first kappa shape index (κ1) is 18.2. The standard InChI is InChI=1S/C16H20ClN3O4S/c17-13-4-1-11(9-14(13)25(23,24)19-12-2-3-12)16(22)20-7-5-10(6-8-20)15(18)21/h1,4,9-10,12,19H,2-3,5-8H2,(H2,18,21). The predicted molar refractivity (Wildman–Crippen MR) is 92.6 cm³/mol. The predicted octanol–water partition coefficient (Wildman–Crippen LogP) is 1.12. The molecule has 1 aromatic rings. The van der Waals surface area contributed by atoms with Gasteiger partial charge in [-0.25, -0.2) is 13.1 Å². The van der Waals surface area contributed by atoms with Crippen LogP contribution < -0.4 is 10.5 Å². The SMILES string of the molecule is NC(=O)C1CCN(C(=O)c2ccc(Cl)c(S(=O)(=O)NC3CC3)c2)CC1. The molecule has 1 aliphatic carbocycles. The molecule has 3 N–H and O–H groups in total. The first-order valence-electron chi connectivity index (χ1n) is 8.18. The normalized spacial score (nSPS) is 19.0. The number of halogens is 1. The van der Waals surface area contributed by atoms with Crippen molar-refractivity contribution < 1.29 is 18.0 Å². The van der Waals surface area contributed by atoms with Crippen molar-refractivity contribution >= 4 is 33.4 Å². The van der Waals surface area contributed by atoms with E-state index in [1.807, 2.05) is 0 Å². The van der Waals surface area contributed by atoms with Gasteiger partial charge in [0.15, 0.2) is 0 Å². The van der Waals surface area contributed by atoms with E-state index >= 15 is 0 Å². The van der Waals surface area contributed by atoms with Crippen molar-refractivity contribution in [3.05, 3.63) is 28.8 Å². The summed E-state index contributed by atoms with van der Waals surface area (Å²) in [7, 11) is -3.75. The summed E-state index contributed by atoms with van der Waals surface area (Å²) in [5.41, 5.74) is 5.56. The third kappa shape index (κ3) is 4.13. The maximum absolute atomic E-state index is 12.7. The van der Waals surface area contributed by atoms with Gasteiger partial charge >= 0.3 is 0 Å². The molecule has 7 nitrogen and oxygen atoms in total. The summed E-state index contributed by atoms with van der Waals surface area (Å²) in [6, 6.07) is 4.21. The molecule has 136 valence electrons. The second kappa shape index (κ2) is 6.93. The monoisotopic (exact) mass is 385 g/mol. The fourth-order valence-electron chi connectivity index (χ4n) is 2.88. The Hall–Kier alpha value is -1.64. The lowest BCUT2D eigenvalue weighted by atomic mass is 9.96. The minimum atomic E-state index is -3.75. The van der Waals surface area contributed by atoms with E-state index < -0.39 is 10.0 Å². The summed E-state index contributed by atoms with van der Waals surface area (Å²) in [6.45, 7) is 0.828. The van der Waals surface area contributed by atoms with Crippen LogP contribution in [-0.2, 0) is 14.8 Å². The summed E-state index contributed by atoms with van der Waals surface area (Å²) in [5, 5.41) is 0.0807. The number of piperidine rings is 1. The minimum absolute atomic E-state index is 0.0479. The van der Waals surface area contributed by atoms with Crippen molar-refractivity contribution in [2.75, 3.05) is 13.1 Å². The van der Waals surface area contributed by atoms with E-state index in [0.717, 1.165) is 12.8 Å². The zero-order valence-corrected chi connectivity index (χ0v) is 15.1. The van der Waals surface area contributed by atoms with Crippen LogP contribution in [0.3, 0.4) is 0 Å². The van der Waals surface area contributed by atoms with Crippen LogP contribution in [0, 0.1) is 5.92 Å². The zero-order valence-electron chi connectivity index (χ0n) is 13.6. The highest BCUT2D eigenvalue weighted by atomic mass is 35.5. The average molecular weight is 386 g/mol. The number of likely N-dealkylation sites (tertiary alicyclic amines) is 1. The van der Waals surface area contributed by atoms with Gasteiger partial charge in [0.25, 0.3) is 5.91 Å². The fourth-order valence-corrected chi connectivity index (χ4v) is 4.71. The number of nitrogens with zero attached hydrogens (tertiary/aromatic N) is 1. The molecule has 1 saturated carbocycles. The molecule has 2 fully saturated rings. The molecule has 25 heavy (non-hydrogen) atoms. The van der Waals surface area contributed by atoms with Crippen LogP contribution in [0.5, 0.6) is 0 Å². The lowest BCUT2D eigenvalue weighted by Gasteiger charge is -2.30. The summed E-state index contributed by atoms with van der Waals surface area (Å²) >= 11 is 6.03. The quantitative estimate of drug-likeness (QED) is 0.791. The van der Waals surface area contributed by atoms with Crippen molar-refractivity contribution in [3.63, 3.8) is 0 Å². The molecule has 1 aromatic carbocycles.